The minimum Gasteiger partial charge on any atom is -0.459 e. The van der Waals surface area contributed by atoms with Crippen LogP contribution in [0.3, 0.4) is 0 Å². The van der Waals surface area contributed by atoms with E-state index in [0.29, 0.717) is 5.69 Å². The molecule has 2 aromatic carbocycles. The highest BCUT2D eigenvalue weighted by atomic mass is 16.5. The molecular weight excluding hydrogens is 384 g/mol. The van der Waals surface area contributed by atoms with Gasteiger partial charge in [-0.25, -0.2) is 0 Å². The van der Waals surface area contributed by atoms with Crippen LogP contribution in [0.25, 0.3) is 11.1 Å². The number of hydrogen-bond donors (Lipinski definition) is 2. The van der Waals surface area contributed by atoms with Gasteiger partial charge < -0.3 is 19.8 Å². The Kier molecular flexibility index (Phi) is 7.00. The molecule has 0 bridgehead atoms. The summed E-state index contributed by atoms with van der Waals surface area (Å²) in [5.74, 6) is -1.29. The third-order valence-electron chi connectivity index (χ3n) is 4.31. The van der Waals surface area contributed by atoms with Gasteiger partial charge in [-0.15, -0.1) is 0 Å². The molecule has 2 amide bonds. The highest BCUT2D eigenvalue weighted by Crippen LogP contribution is 2.27. The molecule has 7 nitrogen and oxygen atoms in total. The molecule has 1 heterocycles. The van der Waals surface area contributed by atoms with Gasteiger partial charge in [-0.3, -0.25) is 14.4 Å². The topological polar surface area (TPSA) is 97.6 Å². The molecule has 0 aliphatic heterocycles. The molecule has 1 aromatic heterocycles. The third-order valence-corrected chi connectivity index (χ3v) is 4.31. The molecule has 3 rings (SSSR count). The highest BCUT2D eigenvalue weighted by Gasteiger charge is 2.19. The lowest BCUT2D eigenvalue weighted by atomic mass is 10.0. The van der Waals surface area contributed by atoms with Crippen LogP contribution in [0.1, 0.15) is 23.9 Å². The fourth-order valence-electron chi connectivity index (χ4n) is 2.78. The number of ether oxygens (including phenoxy) is 1. The summed E-state index contributed by atoms with van der Waals surface area (Å²) in [5.41, 5.74) is 2.46. The van der Waals surface area contributed by atoms with Gasteiger partial charge in [0.1, 0.15) is 0 Å². The summed E-state index contributed by atoms with van der Waals surface area (Å²) in [6, 6.07) is 20.2. The first kappa shape index (κ1) is 20.9. The zero-order valence-corrected chi connectivity index (χ0v) is 16.5. The number of esters is 1. The van der Waals surface area contributed by atoms with Crippen LogP contribution in [0.4, 0.5) is 5.69 Å². The quantitative estimate of drug-likeness (QED) is 0.557. The summed E-state index contributed by atoms with van der Waals surface area (Å²) in [6.07, 6.45) is 0.339. The van der Waals surface area contributed by atoms with E-state index in [1.54, 1.807) is 12.1 Å². The van der Waals surface area contributed by atoms with Gasteiger partial charge in [-0.05, 0) is 30.7 Å². The van der Waals surface area contributed by atoms with E-state index in [1.807, 2.05) is 48.5 Å². The monoisotopic (exact) mass is 406 g/mol. The molecule has 0 fully saturated rings. The smallest absolute Gasteiger partial charge is 0.308 e. The molecule has 2 N–H and O–H groups in total. The molecular formula is C23H22N2O5. The van der Waals surface area contributed by atoms with Gasteiger partial charge in [-0.1, -0.05) is 48.5 Å². The molecule has 0 aliphatic carbocycles. The second kappa shape index (κ2) is 10.1. The van der Waals surface area contributed by atoms with Crippen LogP contribution in [0.5, 0.6) is 0 Å². The maximum absolute atomic E-state index is 12.5. The zero-order valence-electron chi connectivity index (χ0n) is 16.5. The van der Waals surface area contributed by atoms with E-state index in [1.165, 1.54) is 19.3 Å². The Bertz CT molecular complexity index is 999. The van der Waals surface area contributed by atoms with Crippen molar-refractivity contribution in [1.29, 1.82) is 0 Å². The Balaban J connectivity index is 1.50. The predicted molar refractivity (Wildman–Crippen MR) is 112 cm³/mol. The summed E-state index contributed by atoms with van der Waals surface area (Å²) in [4.78, 5) is 36.2. The van der Waals surface area contributed by atoms with E-state index >= 15 is 0 Å². The van der Waals surface area contributed by atoms with E-state index in [-0.39, 0.29) is 18.7 Å². The highest BCUT2D eigenvalue weighted by molar-refractivity contribution is 5.98. The standard InChI is InChI=1S/C23H22N2O5/c1-16(30-21(26)13-14-24-23(28)20-12-7-15-29-20)22(27)25-19-11-6-5-10-18(19)17-8-3-2-4-9-17/h2-12,15-16H,13-14H2,1H3,(H,24,28)(H,25,27)/t16-/m1/s1. The van der Waals surface area contributed by atoms with Gasteiger partial charge in [0.25, 0.3) is 11.8 Å². The zero-order chi connectivity index (χ0) is 21.3. The van der Waals surface area contributed by atoms with E-state index < -0.39 is 23.9 Å². The summed E-state index contributed by atoms with van der Waals surface area (Å²) in [5, 5.41) is 5.36. The number of carbonyl (C=O) groups excluding carboxylic acids is 3. The van der Waals surface area contributed by atoms with Crippen molar-refractivity contribution in [2.45, 2.75) is 19.4 Å². The van der Waals surface area contributed by atoms with Crippen LogP contribution in [0.2, 0.25) is 0 Å². The molecule has 1 atom stereocenters. The van der Waals surface area contributed by atoms with Crippen molar-refractivity contribution in [2.75, 3.05) is 11.9 Å². The Morgan fingerprint density at radius 1 is 0.967 bits per heavy atom. The lowest BCUT2D eigenvalue weighted by Crippen LogP contribution is -2.32. The van der Waals surface area contributed by atoms with Crippen LogP contribution in [-0.2, 0) is 14.3 Å². The van der Waals surface area contributed by atoms with Gasteiger partial charge in [0.15, 0.2) is 11.9 Å². The fraction of sp³-hybridized carbons (Fsp3) is 0.174. The number of rotatable bonds is 8. The first-order chi connectivity index (χ1) is 14.5. The van der Waals surface area contributed by atoms with Crippen molar-refractivity contribution in [3.05, 3.63) is 78.8 Å². The van der Waals surface area contributed by atoms with Crippen molar-refractivity contribution in [1.82, 2.24) is 5.32 Å². The van der Waals surface area contributed by atoms with E-state index in [2.05, 4.69) is 10.6 Å². The average Bonchev–Trinajstić information content (AvgIpc) is 3.30. The lowest BCUT2D eigenvalue weighted by molar-refractivity contribution is -0.153. The average molecular weight is 406 g/mol. The second-order valence-electron chi connectivity index (χ2n) is 6.52. The van der Waals surface area contributed by atoms with Gasteiger partial charge in [0, 0.05) is 17.8 Å². The maximum Gasteiger partial charge on any atom is 0.308 e. The fourth-order valence-corrected chi connectivity index (χ4v) is 2.78. The summed E-state index contributed by atoms with van der Waals surface area (Å²) >= 11 is 0. The van der Waals surface area contributed by atoms with Crippen LogP contribution in [-0.4, -0.2) is 30.4 Å². The Morgan fingerprint density at radius 2 is 1.70 bits per heavy atom. The van der Waals surface area contributed by atoms with Crippen molar-refractivity contribution in [3.63, 3.8) is 0 Å². The Hall–Kier alpha value is -3.87. The van der Waals surface area contributed by atoms with Crippen LogP contribution in [0, 0.1) is 0 Å². The van der Waals surface area contributed by atoms with E-state index in [4.69, 9.17) is 9.15 Å². The first-order valence-electron chi connectivity index (χ1n) is 9.51. The molecule has 0 radical (unpaired) electrons. The largest absolute Gasteiger partial charge is 0.459 e. The van der Waals surface area contributed by atoms with Crippen LogP contribution >= 0.6 is 0 Å². The number of anilines is 1. The summed E-state index contributed by atoms with van der Waals surface area (Å²) in [6.45, 7) is 1.57. The Morgan fingerprint density at radius 3 is 2.43 bits per heavy atom. The van der Waals surface area contributed by atoms with E-state index in [0.717, 1.165) is 11.1 Å². The molecule has 30 heavy (non-hydrogen) atoms. The molecule has 3 aromatic rings. The molecule has 0 saturated heterocycles. The molecule has 154 valence electrons. The van der Waals surface area contributed by atoms with Gasteiger partial charge in [0.2, 0.25) is 0 Å². The Labute approximate surface area is 174 Å². The SMILES string of the molecule is C[C@@H](OC(=O)CCNC(=O)c1ccco1)C(=O)Nc1ccccc1-c1ccccc1. The molecule has 7 heteroatoms. The summed E-state index contributed by atoms with van der Waals surface area (Å²) < 4.78 is 10.1. The maximum atomic E-state index is 12.5. The number of hydrogen-bond acceptors (Lipinski definition) is 5. The molecule has 0 spiro atoms. The number of furan rings is 1. The van der Waals surface area contributed by atoms with Crippen molar-refractivity contribution in [2.24, 2.45) is 0 Å². The lowest BCUT2D eigenvalue weighted by Gasteiger charge is -2.16. The normalized spacial score (nSPS) is 11.4. The number of nitrogens with one attached hydrogen (secondary N) is 2. The van der Waals surface area contributed by atoms with Crippen LogP contribution in [0.15, 0.2) is 77.4 Å². The predicted octanol–water partition coefficient (Wildman–Crippen LogP) is 3.64. The number of amides is 2. The summed E-state index contributed by atoms with van der Waals surface area (Å²) in [7, 11) is 0. The van der Waals surface area contributed by atoms with Crippen molar-refractivity contribution < 1.29 is 23.5 Å². The molecule has 0 saturated carbocycles. The van der Waals surface area contributed by atoms with Crippen molar-refractivity contribution in [3.8, 4) is 11.1 Å². The number of carbonyl (C=O) groups is 3. The van der Waals surface area contributed by atoms with Gasteiger partial charge in [-0.2, -0.15) is 0 Å². The molecule has 0 unspecified atom stereocenters. The second-order valence-corrected chi connectivity index (χ2v) is 6.52. The third kappa shape index (κ3) is 5.57. The van der Waals surface area contributed by atoms with Crippen molar-refractivity contribution >= 4 is 23.5 Å². The minimum atomic E-state index is -0.984. The van der Waals surface area contributed by atoms with E-state index in [9.17, 15) is 14.4 Å². The number of para-hydroxylation sites is 1. The molecule has 0 aliphatic rings. The number of benzene rings is 2. The minimum absolute atomic E-state index is 0.0648. The van der Waals surface area contributed by atoms with Gasteiger partial charge in [0.05, 0.1) is 12.7 Å². The first-order valence-corrected chi connectivity index (χ1v) is 9.51. The van der Waals surface area contributed by atoms with Gasteiger partial charge >= 0.3 is 5.97 Å². The van der Waals surface area contributed by atoms with Crippen LogP contribution < -0.4 is 10.6 Å².